The second-order valence-corrected chi connectivity index (χ2v) is 5.23. The molecule has 25 heavy (non-hydrogen) atoms. The van der Waals surface area contributed by atoms with E-state index in [1.807, 2.05) is 0 Å². The summed E-state index contributed by atoms with van der Waals surface area (Å²) in [5.41, 5.74) is 6.90. The summed E-state index contributed by atoms with van der Waals surface area (Å²) in [6.45, 7) is -1.97. The van der Waals surface area contributed by atoms with Gasteiger partial charge in [0.1, 0.15) is 18.1 Å². The Morgan fingerprint density at radius 1 is 1.04 bits per heavy atom. The van der Waals surface area contributed by atoms with E-state index in [4.69, 9.17) is 10.5 Å². The number of ether oxygens (including phenoxy) is 2. The number of halogens is 2. The molecule has 0 heterocycles. The molecule has 0 saturated heterocycles. The van der Waals surface area contributed by atoms with E-state index in [1.165, 1.54) is 12.1 Å². The summed E-state index contributed by atoms with van der Waals surface area (Å²) in [6, 6.07) is 13.3. The van der Waals surface area contributed by atoms with Crippen LogP contribution in [-0.4, -0.2) is 25.7 Å². The number of nitrogens with two attached hydrogens (primary N) is 1. The standard InChI is InChI=1S/C18H20F2N2O3/c19-18(20)25-16-6-1-13(2-7-16)3-10-17(23)22-14-4-8-15(9-5-14)24-12-11-21/h1-2,4-9,18H,3,10-12,21H2,(H,22,23). The maximum absolute atomic E-state index is 12.1. The van der Waals surface area contributed by atoms with Crippen LogP contribution in [0, 0.1) is 0 Å². The van der Waals surface area contributed by atoms with Gasteiger partial charge in [-0.3, -0.25) is 4.79 Å². The summed E-state index contributed by atoms with van der Waals surface area (Å²) in [6.07, 6.45) is 0.777. The molecule has 0 spiro atoms. The Labute approximate surface area is 144 Å². The Balaban J connectivity index is 1.78. The fourth-order valence-corrected chi connectivity index (χ4v) is 2.13. The summed E-state index contributed by atoms with van der Waals surface area (Å²) in [7, 11) is 0. The molecule has 2 rings (SSSR count). The highest BCUT2D eigenvalue weighted by Gasteiger charge is 2.06. The van der Waals surface area contributed by atoms with Crippen molar-refractivity contribution in [3.8, 4) is 11.5 Å². The molecule has 7 heteroatoms. The molecule has 1 amide bonds. The fourth-order valence-electron chi connectivity index (χ4n) is 2.13. The quantitative estimate of drug-likeness (QED) is 0.728. The number of aryl methyl sites for hydroxylation is 1. The molecule has 0 aliphatic rings. The molecule has 0 unspecified atom stereocenters. The van der Waals surface area contributed by atoms with Crippen LogP contribution in [0.2, 0.25) is 0 Å². The number of carbonyl (C=O) groups excluding carboxylic acids is 1. The van der Waals surface area contributed by atoms with Crippen LogP contribution < -0.4 is 20.5 Å². The largest absolute Gasteiger partial charge is 0.492 e. The van der Waals surface area contributed by atoms with Gasteiger partial charge in [-0.2, -0.15) is 8.78 Å². The first-order chi connectivity index (χ1) is 12.1. The van der Waals surface area contributed by atoms with Gasteiger partial charge in [-0.1, -0.05) is 12.1 Å². The van der Waals surface area contributed by atoms with Crippen molar-refractivity contribution in [3.63, 3.8) is 0 Å². The second kappa shape index (κ2) is 9.58. The van der Waals surface area contributed by atoms with Gasteiger partial charge in [-0.25, -0.2) is 0 Å². The molecule has 3 N–H and O–H groups in total. The molecular formula is C18H20F2N2O3. The average molecular weight is 350 g/mol. The molecule has 5 nitrogen and oxygen atoms in total. The van der Waals surface area contributed by atoms with Gasteiger partial charge in [0.05, 0.1) is 0 Å². The number of carbonyl (C=O) groups is 1. The van der Waals surface area contributed by atoms with Gasteiger partial charge in [0.15, 0.2) is 0 Å². The van der Waals surface area contributed by atoms with E-state index in [9.17, 15) is 13.6 Å². The minimum Gasteiger partial charge on any atom is -0.492 e. The van der Waals surface area contributed by atoms with E-state index >= 15 is 0 Å². The first kappa shape index (κ1) is 18.7. The van der Waals surface area contributed by atoms with E-state index in [1.54, 1.807) is 36.4 Å². The zero-order valence-electron chi connectivity index (χ0n) is 13.6. The molecule has 0 fully saturated rings. The van der Waals surface area contributed by atoms with Crippen LogP contribution in [0.15, 0.2) is 48.5 Å². The number of benzene rings is 2. The number of nitrogens with one attached hydrogen (secondary N) is 1. The molecular weight excluding hydrogens is 330 g/mol. The molecule has 0 saturated carbocycles. The fraction of sp³-hybridized carbons (Fsp3) is 0.278. The maximum atomic E-state index is 12.1. The zero-order chi connectivity index (χ0) is 18.1. The number of hydrogen-bond donors (Lipinski definition) is 2. The number of hydrogen-bond acceptors (Lipinski definition) is 4. The Morgan fingerprint density at radius 3 is 2.28 bits per heavy atom. The molecule has 0 bridgehead atoms. The maximum Gasteiger partial charge on any atom is 0.387 e. The molecule has 2 aromatic rings. The van der Waals surface area contributed by atoms with Crippen molar-refractivity contribution < 1.29 is 23.0 Å². The third-order valence-electron chi connectivity index (χ3n) is 3.31. The predicted octanol–water partition coefficient (Wildman–Crippen LogP) is 3.20. The van der Waals surface area contributed by atoms with E-state index in [0.717, 1.165) is 5.56 Å². The van der Waals surface area contributed by atoms with E-state index in [-0.39, 0.29) is 18.1 Å². The first-order valence-corrected chi connectivity index (χ1v) is 7.83. The second-order valence-electron chi connectivity index (χ2n) is 5.23. The van der Waals surface area contributed by atoms with Crippen LogP contribution in [0.5, 0.6) is 11.5 Å². The van der Waals surface area contributed by atoms with Crippen molar-refractivity contribution >= 4 is 11.6 Å². The van der Waals surface area contributed by atoms with Crippen LogP contribution >= 0.6 is 0 Å². The van der Waals surface area contributed by atoms with Crippen LogP contribution in [0.3, 0.4) is 0 Å². The smallest absolute Gasteiger partial charge is 0.387 e. The van der Waals surface area contributed by atoms with Gasteiger partial charge in [0.2, 0.25) is 5.91 Å². The lowest BCUT2D eigenvalue weighted by molar-refractivity contribution is -0.116. The summed E-state index contributed by atoms with van der Waals surface area (Å²) in [4.78, 5) is 12.0. The lowest BCUT2D eigenvalue weighted by Crippen LogP contribution is -2.12. The minimum absolute atomic E-state index is 0.0974. The molecule has 134 valence electrons. The lowest BCUT2D eigenvalue weighted by atomic mass is 10.1. The van der Waals surface area contributed by atoms with E-state index < -0.39 is 6.61 Å². The Kier molecular flexibility index (Phi) is 7.16. The molecule has 0 aromatic heterocycles. The molecule has 0 aliphatic heterocycles. The van der Waals surface area contributed by atoms with Gasteiger partial charge in [-0.15, -0.1) is 0 Å². The third-order valence-corrected chi connectivity index (χ3v) is 3.31. The number of anilines is 1. The summed E-state index contributed by atoms with van der Waals surface area (Å²) in [5, 5.41) is 2.79. The number of alkyl halides is 2. The van der Waals surface area contributed by atoms with Gasteiger partial charge >= 0.3 is 6.61 Å². The number of rotatable bonds is 9. The predicted molar refractivity (Wildman–Crippen MR) is 91.0 cm³/mol. The van der Waals surface area contributed by atoms with Crippen LogP contribution in [-0.2, 0) is 11.2 Å². The van der Waals surface area contributed by atoms with Gasteiger partial charge < -0.3 is 20.5 Å². The highest BCUT2D eigenvalue weighted by atomic mass is 19.3. The Morgan fingerprint density at radius 2 is 1.68 bits per heavy atom. The highest BCUT2D eigenvalue weighted by Crippen LogP contribution is 2.17. The third kappa shape index (κ3) is 6.76. The normalized spacial score (nSPS) is 10.6. The summed E-state index contributed by atoms with van der Waals surface area (Å²) >= 11 is 0. The van der Waals surface area contributed by atoms with Crippen molar-refractivity contribution in [2.75, 3.05) is 18.5 Å². The molecule has 0 atom stereocenters. The number of amides is 1. The van der Waals surface area contributed by atoms with Crippen molar-refractivity contribution in [2.24, 2.45) is 5.73 Å². The summed E-state index contributed by atoms with van der Waals surface area (Å²) in [5.74, 6) is 0.651. The van der Waals surface area contributed by atoms with Crippen LogP contribution in [0.4, 0.5) is 14.5 Å². The first-order valence-electron chi connectivity index (χ1n) is 7.83. The van der Waals surface area contributed by atoms with E-state index in [2.05, 4.69) is 10.1 Å². The van der Waals surface area contributed by atoms with Crippen molar-refractivity contribution in [1.29, 1.82) is 0 Å². The highest BCUT2D eigenvalue weighted by molar-refractivity contribution is 5.90. The molecule has 0 radical (unpaired) electrons. The van der Waals surface area contributed by atoms with Crippen LogP contribution in [0.1, 0.15) is 12.0 Å². The van der Waals surface area contributed by atoms with Gasteiger partial charge in [-0.05, 0) is 48.4 Å². The van der Waals surface area contributed by atoms with Gasteiger partial charge in [0, 0.05) is 18.7 Å². The van der Waals surface area contributed by atoms with Crippen molar-refractivity contribution in [3.05, 3.63) is 54.1 Å². The SMILES string of the molecule is NCCOc1ccc(NC(=O)CCc2ccc(OC(F)F)cc2)cc1. The summed E-state index contributed by atoms with van der Waals surface area (Å²) < 4.78 is 33.8. The lowest BCUT2D eigenvalue weighted by Gasteiger charge is -2.08. The molecule has 2 aromatic carbocycles. The average Bonchev–Trinajstić information content (AvgIpc) is 2.60. The molecule has 0 aliphatic carbocycles. The minimum atomic E-state index is -2.84. The van der Waals surface area contributed by atoms with Crippen LogP contribution in [0.25, 0.3) is 0 Å². The van der Waals surface area contributed by atoms with Crippen molar-refractivity contribution in [2.45, 2.75) is 19.5 Å². The van der Waals surface area contributed by atoms with E-state index in [0.29, 0.717) is 31.0 Å². The topological polar surface area (TPSA) is 73.6 Å². The monoisotopic (exact) mass is 350 g/mol. The zero-order valence-corrected chi connectivity index (χ0v) is 13.6. The van der Waals surface area contributed by atoms with Gasteiger partial charge in [0.25, 0.3) is 0 Å². The Hall–Kier alpha value is -2.67. The Bertz CT molecular complexity index is 661. The van der Waals surface area contributed by atoms with Crippen molar-refractivity contribution in [1.82, 2.24) is 0 Å².